The molecule has 0 spiro atoms. The van der Waals surface area contributed by atoms with Crippen molar-refractivity contribution in [2.75, 3.05) is 19.0 Å². The van der Waals surface area contributed by atoms with Gasteiger partial charge < -0.3 is 4.90 Å². The summed E-state index contributed by atoms with van der Waals surface area (Å²) in [7, 11) is 3.92. The number of nitrogens with zero attached hydrogens (tertiary/aromatic N) is 3. The minimum absolute atomic E-state index is 0.882. The predicted octanol–water partition coefficient (Wildman–Crippen LogP) is 1.79. The Morgan fingerprint density at radius 2 is 2.17 bits per heavy atom. The molecule has 0 atom stereocenters. The van der Waals surface area contributed by atoms with Gasteiger partial charge in [-0.3, -0.25) is 9.98 Å². The Hall–Kier alpha value is -1.38. The maximum atomic E-state index is 4.18. The monoisotopic (exact) mass is 163 g/mol. The first-order valence-corrected chi connectivity index (χ1v) is 3.76. The maximum absolute atomic E-state index is 4.18. The number of aromatic nitrogens is 1. The van der Waals surface area contributed by atoms with Crippen LogP contribution in [0.5, 0.6) is 0 Å². The standard InChI is InChI=1S/C9H13N3/c1-7-5-8(10-2)9(6-11-7)12(3)4/h5-6H,2H2,1,3-4H3. The fourth-order valence-corrected chi connectivity index (χ4v) is 1.01. The molecule has 0 radical (unpaired) electrons. The third-order valence-corrected chi connectivity index (χ3v) is 1.65. The quantitative estimate of drug-likeness (QED) is 0.622. The highest BCUT2D eigenvalue weighted by Crippen LogP contribution is 2.25. The smallest absolute Gasteiger partial charge is 0.0889 e. The van der Waals surface area contributed by atoms with Crippen LogP contribution in [0.2, 0.25) is 0 Å². The Morgan fingerprint density at radius 1 is 1.50 bits per heavy atom. The van der Waals surface area contributed by atoms with Crippen molar-refractivity contribution in [2.24, 2.45) is 4.99 Å². The molecule has 64 valence electrons. The first kappa shape index (κ1) is 8.71. The fraction of sp³-hybridized carbons (Fsp3) is 0.333. The van der Waals surface area contributed by atoms with E-state index >= 15 is 0 Å². The number of pyridine rings is 1. The lowest BCUT2D eigenvalue weighted by molar-refractivity contribution is 1.09. The number of rotatable bonds is 2. The van der Waals surface area contributed by atoms with Gasteiger partial charge >= 0.3 is 0 Å². The summed E-state index contributed by atoms with van der Waals surface area (Å²) in [5.74, 6) is 0. The highest BCUT2D eigenvalue weighted by molar-refractivity contribution is 5.67. The van der Waals surface area contributed by atoms with Crippen LogP contribution in [0.25, 0.3) is 0 Å². The summed E-state index contributed by atoms with van der Waals surface area (Å²) >= 11 is 0. The van der Waals surface area contributed by atoms with Gasteiger partial charge in [-0.25, -0.2) is 0 Å². The lowest BCUT2D eigenvalue weighted by Crippen LogP contribution is -2.09. The molecule has 0 aliphatic rings. The molecule has 3 nitrogen and oxygen atoms in total. The van der Waals surface area contributed by atoms with Gasteiger partial charge in [-0.1, -0.05) is 0 Å². The zero-order valence-electron chi connectivity index (χ0n) is 7.70. The Morgan fingerprint density at radius 3 is 2.67 bits per heavy atom. The van der Waals surface area contributed by atoms with Gasteiger partial charge in [0.1, 0.15) is 0 Å². The lowest BCUT2D eigenvalue weighted by atomic mass is 10.3. The van der Waals surface area contributed by atoms with E-state index in [9.17, 15) is 0 Å². The zero-order chi connectivity index (χ0) is 9.14. The molecule has 0 N–H and O–H groups in total. The van der Waals surface area contributed by atoms with Crippen molar-refractivity contribution in [1.29, 1.82) is 0 Å². The number of hydrogen-bond acceptors (Lipinski definition) is 3. The van der Waals surface area contributed by atoms with E-state index < -0.39 is 0 Å². The Kier molecular flexibility index (Phi) is 2.43. The molecule has 1 aromatic rings. The molecular formula is C9H13N3. The van der Waals surface area contributed by atoms with Crippen LogP contribution >= 0.6 is 0 Å². The molecule has 3 heteroatoms. The summed E-state index contributed by atoms with van der Waals surface area (Å²) in [5, 5.41) is 0. The van der Waals surface area contributed by atoms with Gasteiger partial charge in [0.15, 0.2) is 0 Å². The van der Waals surface area contributed by atoms with E-state index in [1.54, 1.807) is 6.20 Å². The maximum Gasteiger partial charge on any atom is 0.0889 e. The highest BCUT2D eigenvalue weighted by Gasteiger charge is 2.02. The number of aliphatic imine (C=N–C) groups is 1. The number of hydrogen-bond donors (Lipinski definition) is 0. The summed E-state index contributed by atoms with van der Waals surface area (Å²) in [6.07, 6.45) is 1.80. The summed E-state index contributed by atoms with van der Waals surface area (Å²) in [6.45, 7) is 5.45. The molecule has 0 amide bonds. The molecule has 0 bridgehead atoms. The second kappa shape index (κ2) is 3.34. The molecule has 0 unspecified atom stereocenters. The van der Waals surface area contributed by atoms with Gasteiger partial charge in [0.2, 0.25) is 0 Å². The van der Waals surface area contributed by atoms with Crippen molar-refractivity contribution in [3.63, 3.8) is 0 Å². The number of anilines is 1. The lowest BCUT2D eigenvalue weighted by Gasteiger charge is -2.14. The molecule has 0 saturated carbocycles. The van der Waals surface area contributed by atoms with Crippen LogP contribution in [0.4, 0.5) is 11.4 Å². The third kappa shape index (κ3) is 1.61. The Bertz CT molecular complexity index is 292. The fourth-order valence-electron chi connectivity index (χ4n) is 1.01. The molecule has 0 saturated heterocycles. The van der Waals surface area contributed by atoms with E-state index in [2.05, 4.69) is 16.7 Å². The second-order valence-electron chi connectivity index (χ2n) is 2.87. The molecule has 1 heterocycles. The third-order valence-electron chi connectivity index (χ3n) is 1.65. The van der Waals surface area contributed by atoms with E-state index in [1.165, 1.54) is 0 Å². The Balaban J connectivity index is 3.20. The molecule has 0 fully saturated rings. The van der Waals surface area contributed by atoms with Crippen LogP contribution in [0.1, 0.15) is 5.69 Å². The largest absolute Gasteiger partial charge is 0.375 e. The van der Waals surface area contributed by atoms with Gasteiger partial charge in [-0.15, -0.1) is 0 Å². The summed E-state index contributed by atoms with van der Waals surface area (Å²) < 4.78 is 0. The van der Waals surface area contributed by atoms with Gasteiger partial charge in [-0.05, 0) is 19.7 Å². The summed E-state index contributed by atoms with van der Waals surface area (Å²) in [6, 6.07) is 1.92. The molecule has 0 aliphatic carbocycles. The first-order valence-electron chi connectivity index (χ1n) is 3.76. The normalized spacial score (nSPS) is 9.58. The van der Waals surface area contributed by atoms with Crippen LogP contribution in [0, 0.1) is 6.92 Å². The van der Waals surface area contributed by atoms with Gasteiger partial charge in [0.25, 0.3) is 0 Å². The SMILES string of the molecule is C=Nc1cc(C)ncc1N(C)C. The van der Waals surface area contributed by atoms with Crippen LogP contribution in [-0.4, -0.2) is 25.8 Å². The Labute approximate surface area is 72.8 Å². The minimum Gasteiger partial charge on any atom is -0.375 e. The first-order chi connectivity index (χ1) is 5.65. The molecule has 12 heavy (non-hydrogen) atoms. The average molecular weight is 163 g/mol. The second-order valence-corrected chi connectivity index (χ2v) is 2.87. The van der Waals surface area contributed by atoms with Crippen LogP contribution in [-0.2, 0) is 0 Å². The van der Waals surface area contributed by atoms with E-state index in [0.29, 0.717) is 0 Å². The van der Waals surface area contributed by atoms with Crippen molar-refractivity contribution < 1.29 is 0 Å². The van der Waals surface area contributed by atoms with Crippen LogP contribution in [0.15, 0.2) is 17.3 Å². The zero-order valence-corrected chi connectivity index (χ0v) is 7.70. The van der Waals surface area contributed by atoms with E-state index in [0.717, 1.165) is 17.1 Å². The molecule has 1 aromatic heterocycles. The molecule has 0 aromatic carbocycles. The van der Waals surface area contributed by atoms with E-state index in [-0.39, 0.29) is 0 Å². The van der Waals surface area contributed by atoms with Gasteiger partial charge in [-0.2, -0.15) is 0 Å². The number of aryl methyl sites for hydroxylation is 1. The highest BCUT2D eigenvalue weighted by atomic mass is 15.1. The van der Waals surface area contributed by atoms with Crippen molar-refractivity contribution in [2.45, 2.75) is 6.92 Å². The van der Waals surface area contributed by atoms with Crippen molar-refractivity contribution >= 4 is 18.1 Å². The van der Waals surface area contributed by atoms with Crippen LogP contribution in [0.3, 0.4) is 0 Å². The topological polar surface area (TPSA) is 28.5 Å². The van der Waals surface area contributed by atoms with E-state index in [4.69, 9.17) is 0 Å². The van der Waals surface area contributed by atoms with Gasteiger partial charge in [0.05, 0.1) is 17.6 Å². The van der Waals surface area contributed by atoms with E-state index in [1.807, 2.05) is 32.0 Å². The average Bonchev–Trinajstić information content (AvgIpc) is 2.03. The van der Waals surface area contributed by atoms with Crippen molar-refractivity contribution in [1.82, 2.24) is 4.98 Å². The minimum atomic E-state index is 0.882. The van der Waals surface area contributed by atoms with Crippen molar-refractivity contribution in [3.8, 4) is 0 Å². The predicted molar refractivity (Wildman–Crippen MR) is 52.5 cm³/mol. The molecule has 1 rings (SSSR count). The summed E-state index contributed by atoms with van der Waals surface area (Å²) in [4.78, 5) is 10.1. The molecule has 0 aliphatic heterocycles. The van der Waals surface area contributed by atoms with Crippen molar-refractivity contribution in [3.05, 3.63) is 18.0 Å². The molecular weight excluding hydrogens is 150 g/mol. The van der Waals surface area contributed by atoms with Gasteiger partial charge in [0, 0.05) is 19.8 Å². The summed E-state index contributed by atoms with van der Waals surface area (Å²) in [5.41, 5.74) is 2.84. The van der Waals surface area contributed by atoms with Crippen LogP contribution < -0.4 is 4.90 Å².